The molecule has 2 unspecified atom stereocenters. The third-order valence-electron chi connectivity index (χ3n) is 2.45. The van der Waals surface area contributed by atoms with E-state index in [1.54, 1.807) is 13.8 Å². The fraction of sp³-hybridized carbons (Fsp3) is 0.667. The van der Waals surface area contributed by atoms with Crippen molar-refractivity contribution in [3.05, 3.63) is 22.1 Å². The molecule has 16 heavy (non-hydrogen) atoms. The van der Waals surface area contributed by atoms with Crippen molar-refractivity contribution in [3.8, 4) is 0 Å². The Bertz CT molecular complexity index is 377. The van der Waals surface area contributed by atoms with Crippen LogP contribution in [0.1, 0.15) is 19.2 Å². The molecule has 2 atom stereocenters. The second-order valence-electron chi connectivity index (χ2n) is 3.57. The van der Waals surface area contributed by atoms with Gasteiger partial charge in [-0.25, -0.2) is 9.55 Å². The summed E-state index contributed by atoms with van der Waals surface area (Å²) in [7, 11) is 0. The highest BCUT2D eigenvalue weighted by molar-refractivity contribution is 5.18. The molecule has 1 aromatic rings. The van der Waals surface area contributed by atoms with Crippen LogP contribution < -0.4 is 0 Å². The van der Waals surface area contributed by atoms with Gasteiger partial charge < -0.3 is 20.3 Å². The summed E-state index contributed by atoms with van der Waals surface area (Å²) in [6.45, 7) is 3.30. The molecule has 1 rings (SSSR count). The quantitative estimate of drug-likeness (QED) is 0.556. The molecule has 1 heterocycles. The maximum Gasteiger partial charge on any atom is 0.342 e. The van der Waals surface area contributed by atoms with Crippen molar-refractivity contribution in [1.29, 1.82) is 0 Å². The summed E-state index contributed by atoms with van der Waals surface area (Å²) >= 11 is 0. The van der Waals surface area contributed by atoms with Gasteiger partial charge >= 0.3 is 5.82 Å². The summed E-state index contributed by atoms with van der Waals surface area (Å²) < 4.78 is 1.28. The molecule has 0 spiro atoms. The van der Waals surface area contributed by atoms with Crippen molar-refractivity contribution in [2.45, 2.75) is 39.0 Å². The number of aryl methyl sites for hydroxylation is 1. The number of aliphatic hydroxyl groups is 2. The Balaban J connectivity index is 2.87. The van der Waals surface area contributed by atoms with Gasteiger partial charge in [-0.05, 0) is 11.3 Å². The van der Waals surface area contributed by atoms with Crippen LogP contribution in [0.3, 0.4) is 0 Å². The topological polar surface area (TPSA) is 101 Å². The van der Waals surface area contributed by atoms with E-state index < -0.39 is 17.1 Å². The second-order valence-corrected chi connectivity index (χ2v) is 3.57. The molecule has 7 heteroatoms. The Morgan fingerprint density at radius 3 is 2.69 bits per heavy atom. The van der Waals surface area contributed by atoms with Crippen LogP contribution in [0, 0.1) is 17.0 Å². The number of hydrogen-bond acceptors (Lipinski definition) is 5. The van der Waals surface area contributed by atoms with Crippen molar-refractivity contribution in [3.63, 3.8) is 0 Å². The summed E-state index contributed by atoms with van der Waals surface area (Å²) in [6.07, 6.45) is -0.388. The van der Waals surface area contributed by atoms with Crippen LogP contribution >= 0.6 is 0 Å². The molecule has 0 amide bonds. The monoisotopic (exact) mass is 229 g/mol. The van der Waals surface area contributed by atoms with E-state index in [9.17, 15) is 20.3 Å². The number of nitro groups is 1. The summed E-state index contributed by atoms with van der Waals surface area (Å²) in [5, 5.41) is 29.6. The molecule has 0 radical (unpaired) electrons. The molecule has 0 aliphatic carbocycles. The molecule has 0 aliphatic heterocycles. The van der Waals surface area contributed by atoms with Crippen molar-refractivity contribution < 1.29 is 15.1 Å². The van der Waals surface area contributed by atoms with Gasteiger partial charge in [-0.1, -0.05) is 6.92 Å². The zero-order chi connectivity index (χ0) is 12.3. The van der Waals surface area contributed by atoms with E-state index in [1.165, 1.54) is 4.57 Å². The van der Waals surface area contributed by atoms with Gasteiger partial charge in [0.05, 0.1) is 6.10 Å². The first kappa shape index (κ1) is 12.6. The third kappa shape index (κ3) is 2.56. The predicted octanol–water partition coefficient (Wildman–Crippen LogP) is 0.232. The highest BCUT2D eigenvalue weighted by Crippen LogP contribution is 2.15. The van der Waals surface area contributed by atoms with Crippen LogP contribution in [0.15, 0.2) is 6.20 Å². The first-order valence-electron chi connectivity index (χ1n) is 5.00. The third-order valence-corrected chi connectivity index (χ3v) is 2.45. The van der Waals surface area contributed by atoms with Crippen LogP contribution in [-0.2, 0) is 6.54 Å². The van der Waals surface area contributed by atoms with Crippen molar-refractivity contribution in [2.24, 2.45) is 0 Å². The molecular formula is C9H15N3O4. The summed E-state index contributed by atoms with van der Waals surface area (Å²) in [4.78, 5) is 13.9. The largest absolute Gasteiger partial charge is 0.390 e. The van der Waals surface area contributed by atoms with Crippen LogP contribution in [0.25, 0.3) is 0 Å². The van der Waals surface area contributed by atoms with Crippen molar-refractivity contribution in [2.75, 3.05) is 0 Å². The Hall–Kier alpha value is -1.47. The zero-order valence-electron chi connectivity index (χ0n) is 9.20. The number of rotatable bonds is 5. The highest BCUT2D eigenvalue weighted by Gasteiger charge is 2.23. The van der Waals surface area contributed by atoms with E-state index in [2.05, 4.69) is 4.98 Å². The molecule has 0 aromatic carbocycles. The molecule has 90 valence electrons. The van der Waals surface area contributed by atoms with Gasteiger partial charge in [-0.2, -0.15) is 0 Å². The smallest absolute Gasteiger partial charge is 0.342 e. The van der Waals surface area contributed by atoms with Crippen LogP contribution in [0.4, 0.5) is 5.82 Å². The number of aliphatic hydroxyl groups excluding tert-OH is 2. The highest BCUT2D eigenvalue weighted by atomic mass is 16.6. The first-order valence-corrected chi connectivity index (χ1v) is 5.00. The molecule has 0 saturated carbocycles. The Labute approximate surface area is 92.5 Å². The molecule has 1 aromatic heterocycles. The summed E-state index contributed by atoms with van der Waals surface area (Å²) in [6, 6.07) is 0. The maximum atomic E-state index is 10.7. The van der Waals surface area contributed by atoms with Crippen molar-refractivity contribution >= 4 is 5.82 Å². The Morgan fingerprint density at radius 2 is 2.19 bits per heavy atom. The Kier molecular flexibility index (Phi) is 3.97. The Morgan fingerprint density at radius 1 is 1.56 bits per heavy atom. The van der Waals surface area contributed by atoms with Crippen LogP contribution in [0.5, 0.6) is 0 Å². The van der Waals surface area contributed by atoms with Gasteiger partial charge in [-0.3, -0.25) is 0 Å². The standard InChI is InChI=1S/C9H15N3O4/c1-3-7(13)8(14)5-11-6(2)10-4-9(11)12(15)16/h4,7-8,13-14H,3,5H2,1-2H3. The van der Waals surface area contributed by atoms with Gasteiger partial charge in [0.2, 0.25) is 0 Å². The molecule has 7 nitrogen and oxygen atoms in total. The minimum Gasteiger partial charge on any atom is -0.390 e. The minimum atomic E-state index is -1.03. The molecule has 2 N–H and O–H groups in total. The molecule has 0 bridgehead atoms. The van der Waals surface area contributed by atoms with E-state index in [0.717, 1.165) is 6.20 Å². The molecule has 0 saturated heterocycles. The minimum absolute atomic E-state index is 0.0306. The number of hydrogen-bond donors (Lipinski definition) is 2. The lowest BCUT2D eigenvalue weighted by molar-refractivity contribution is -0.392. The van der Waals surface area contributed by atoms with E-state index in [0.29, 0.717) is 12.2 Å². The average molecular weight is 229 g/mol. The lowest BCUT2D eigenvalue weighted by Crippen LogP contribution is -2.30. The van der Waals surface area contributed by atoms with Gasteiger partial charge in [0.25, 0.3) is 0 Å². The van der Waals surface area contributed by atoms with Gasteiger partial charge in [0.15, 0.2) is 5.82 Å². The van der Waals surface area contributed by atoms with Crippen molar-refractivity contribution in [1.82, 2.24) is 9.55 Å². The van der Waals surface area contributed by atoms with E-state index in [1.807, 2.05) is 0 Å². The van der Waals surface area contributed by atoms with E-state index in [-0.39, 0.29) is 12.4 Å². The van der Waals surface area contributed by atoms with E-state index >= 15 is 0 Å². The normalized spacial score (nSPS) is 14.8. The van der Waals surface area contributed by atoms with E-state index in [4.69, 9.17) is 0 Å². The second kappa shape index (κ2) is 5.04. The van der Waals surface area contributed by atoms with Gasteiger partial charge in [-0.15, -0.1) is 0 Å². The molecule has 0 fully saturated rings. The molecular weight excluding hydrogens is 214 g/mol. The SMILES string of the molecule is CCC(O)C(O)Cn1c([N+](=O)[O-])cnc1C. The average Bonchev–Trinajstić information content (AvgIpc) is 2.59. The van der Waals surface area contributed by atoms with Crippen LogP contribution in [0.2, 0.25) is 0 Å². The van der Waals surface area contributed by atoms with Gasteiger partial charge in [0, 0.05) is 6.92 Å². The first-order chi connectivity index (χ1) is 7.47. The lowest BCUT2D eigenvalue weighted by atomic mass is 10.1. The van der Waals surface area contributed by atoms with Gasteiger partial charge in [0.1, 0.15) is 18.8 Å². The summed E-state index contributed by atoms with van der Waals surface area (Å²) in [5.74, 6) is 0.258. The molecule has 0 aliphatic rings. The van der Waals surface area contributed by atoms with Crippen LogP contribution in [-0.4, -0.2) is 36.9 Å². The fourth-order valence-electron chi connectivity index (χ4n) is 1.41. The lowest BCUT2D eigenvalue weighted by Gasteiger charge is -2.15. The number of imidazole rings is 1. The number of nitrogens with zero attached hydrogens (tertiary/aromatic N) is 3. The maximum absolute atomic E-state index is 10.7. The number of aromatic nitrogens is 2. The summed E-state index contributed by atoms with van der Waals surface area (Å²) in [5.41, 5.74) is 0. The zero-order valence-corrected chi connectivity index (χ0v) is 9.20. The fourth-order valence-corrected chi connectivity index (χ4v) is 1.41. The predicted molar refractivity (Wildman–Crippen MR) is 55.9 cm³/mol.